The number of rotatable bonds is 5. The number of nitrogens with zero attached hydrogens (tertiary/aromatic N) is 4. The number of imidazole rings is 1. The number of aromatic amines is 1. The molecule has 1 saturated heterocycles. The Bertz CT molecular complexity index is 1340. The Morgan fingerprint density at radius 2 is 1.77 bits per heavy atom. The fourth-order valence-corrected chi connectivity index (χ4v) is 5.63. The maximum atomic E-state index is 13.6. The van der Waals surface area contributed by atoms with E-state index >= 15 is 0 Å². The molecule has 2 heterocycles. The first-order valence-corrected chi connectivity index (χ1v) is 13.8. The highest BCUT2D eigenvalue weighted by Gasteiger charge is 2.29. The van der Waals surface area contributed by atoms with Crippen molar-refractivity contribution in [3.8, 4) is 17.9 Å². The Kier molecular flexibility index (Phi) is 11.9. The van der Waals surface area contributed by atoms with Crippen LogP contribution in [0.4, 0.5) is 0 Å². The summed E-state index contributed by atoms with van der Waals surface area (Å²) in [6.45, 7) is 2.74. The summed E-state index contributed by atoms with van der Waals surface area (Å²) in [4.78, 5) is 25.5. The van der Waals surface area contributed by atoms with Gasteiger partial charge in [-0.25, -0.2) is 4.98 Å². The second-order valence-corrected chi connectivity index (χ2v) is 10.6. The number of nitrogens with one attached hydrogen (secondary N) is 1. The Labute approximate surface area is 253 Å². The monoisotopic (exact) mass is 597 g/mol. The lowest BCUT2D eigenvalue weighted by molar-refractivity contribution is 0.0562. The van der Waals surface area contributed by atoms with Crippen LogP contribution in [0.1, 0.15) is 70.9 Å². The standard InChI is InChI=1S/C31H32ClN5O.2ClH/c32-27-13-12-26(11-10-23-4-2-1-3-5-23)28(19-27)31(38)37-16-14-36(15-17-37)30(29-21-34-22-35-29)18-24-6-8-25(20-33)9-7-24;;/h6-9,12-13,19,21-23,30H,1-5,14-18H2,(H,34,35);2*1H. The quantitative estimate of drug-likeness (QED) is 0.343. The highest BCUT2D eigenvalue weighted by atomic mass is 35.5. The zero-order valence-corrected chi connectivity index (χ0v) is 24.7. The number of aromatic nitrogens is 2. The van der Waals surface area contributed by atoms with Gasteiger partial charge in [-0.05, 0) is 55.2 Å². The van der Waals surface area contributed by atoms with Gasteiger partial charge in [-0.15, -0.1) is 24.8 Å². The summed E-state index contributed by atoms with van der Waals surface area (Å²) in [7, 11) is 0. The van der Waals surface area contributed by atoms with E-state index in [1.807, 2.05) is 47.5 Å². The van der Waals surface area contributed by atoms with E-state index in [0.717, 1.165) is 49.2 Å². The first kappa shape index (κ1) is 31.5. The van der Waals surface area contributed by atoms with E-state index in [1.54, 1.807) is 12.4 Å². The molecule has 210 valence electrons. The van der Waals surface area contributed by atoms with Gasteiger partial charge in [0.25, 0.3) is 5.91 Å². The highest BCUT2D eigenvalue weighted by Crippen LogP contribution is 2.27. The van der Waals surface area contributed by atoms with E-state index in [2.05, 4.69) is 32.8 Å². The fourth-order valence-electron chi connectivity index (χ4n) is 5.46. The van der Waals surface area contributed by atoms with Gasteiger partial charge in [0.05, 0.1) is 35.3 Å². The van der Waals surface area contributed by atoms with Crippen molar-refractivity contribution in [2.75, 3.05) is 26.2 Å². The van der Waals surface area contributed by atoms with E-state index < -0.39 is 0 Å². The molecule has 1 aliphatic heterocycles. The molecule has 9 heteroatoms. The highest BCUT2D eigenvalue weighted by molar-refractivity contribution is 6.31. The molecule has 1 atom stereocenters. The van der Waals surface area contributed by atoms with E-state index in [0.29, 0.717) is 35.2 Å². The Morgan fingerprint density at radius 3 is 2.42 bits per heavy atom. The summed E-state index contributed by atoms with van der Waals surface area (Å²) in [6, 6.07) is 15.5. The van der Waals surface area contributed by atoms with Crippen LogP contribution in [0.3, 0.4) is 0 Å². The summed E-state index contributed by atoms with van der Waals surface area (Å²) in [6.07, 6.45) is 10.4. The largest absolute Gasteiger partial charge is 0.347 e. The van der Waals surface area contributed by atoms with E-state index in [1.165, 1.54) is 19.3 Å². The SMILES string of the molecule is Cl.Cl.N#Cc1ccc(CC(c2cnc[nH]2)N2CCN(C(=O)c3cc(Cl)ccc3C#CC3CCCCC3)CC2)cc1. The predicted octanol–water partition coefficient (Wildman–Crippen LogP) is 6.45. The molecule has 6 nitrogen and oxygen atoms in total. The lowest BCUT2D eigenvalue weighted by Crippen LogP contribution is -2.50. The molecule has 1 aliphatic carbocycles. The van der Waals surface area contributed by atoms with Gasteiger partial charge in [-0.1, -0.05) is 54.8 Å². The summed E-state index contributed by atoms with van der Waals surface area (Å²) in [5.74, 6) is 7.15. The van der Waals surface area contributed by atoms with Gasteiger partial charge < -0.3 is 9.88 Å². The molecule has 0 spiro atoms. The molecular formula is C31H34Cl3N5O. The maximum absolute atomic E-state index is 13.6. The molecule has 2 aromatic carbocycles. The fraction of sp³-hybridized carbons (Fsp3) is 0.387. The van der Waals surface area contributed by atoms with E-state index in [9.17, 15) is 4.79 Å². The Hall–Kier alpha value is -3.00. The molecule has 2 fully saturated rings. The molecule has 1 N–H and O–H groups in total. The number of piperazine rings is 1. The van der Waals surface area contributed by atoms with Gasteiger partial charge in [0.2, 0.25) is 0 Å². The molecule has 0 bridgehead atoms. The minimum absolute atomic E-state index is 0. The van der Waals surface area contributed by atoms with Crippen LogP contribution in [-0.2, 0) is 6.42 Å². The Morgan fingerprint density at radius 1 is 1.05 bits per heavy atom. The van der Waals surface area contributed by atoms with Crippen LogP contribution in [-0.4, -0.2) is 51.9 Å². The van der Waals surface area contributed by atoms with Crippen molar-refractivity contribution in [2.45, 2.75) is 44.6 Å². The zero-order chi connectivity index (χ0) is 26.3. The number of carbonyl (C=O) groups excluding carboxylic acids is 1. The normalized spacial score (nSPS) is 16.4. The second-order valence-electron chi connectivity index (χ2n) is 10.2. The summed E-state index contributed by atoms with van der Waals surface area (Å²) < 4.78 is 0. The number of halogens is 3. The van der Waals surface area contributed by atoms with Crippen LogP contribution < -0.4 is 0 Å². The van der Waals surface area contributed by atoms with Crippen LogP contribution in [0.25, 0.3) is 0 Å². The van der Waals surface area contributed by atoms with Crippen LogP contribution in [0.5, 0.6) is 0 Å². The van der Waals surface area contributed by atoms with Gasteiger partial charge in [-0.2, -0.15) is 5.26 Å². The molecule has 2 aliphatic rings. The lowest BCUT2D eigenvalue weighted by atomic mass is 9.89. The van der Waals surface area contributed by atoms with Crippen molar-refractivity contribution in [2.24, 2.45) is 5.92 Å². The third-order valence-corrected chi connectivity index (χ3v) is 7.90. The molecule has 0 radical (unpaired) electrons. The van der Waals surface area contributed by atoms with E-state index in [-0.39, 0.29) is 36.8 Å². The van der Waals surface area contributed by atoms with Crippen molar-refractivity contribution in [1.29, 1.82) is 5.26 Å². The minimum atomic E-state index is -0.00900. The van der Waals surface area contributed by atoms with Crippen molar-refractivity contribution >= 4 is 42.3 Å². The third kappa shape index (κ3) is 7.80. The molecule has 1 amide bonds. The van der Waals surface area contributed by atoms with Crippen LogP contribution in [0, 0.1) is 29.1 Å². The lowest BCUT2D eigenvalue weighted by Gasteiger charge is -2.39. The first-order chi connectivity index (χ1) is 18.6. The van der Waals surface area contributed by atoms with Crippen molar-refractivity contribution in [3.05, 3.63) is 88.0 Å². The van der Waals surface area contributed by atoms with Gasteiger partial charge in [0.1, 0.15) is 0 Å². The smallest absolute Gasteiger partial charge is 0.255 e. The Balaban J connectivity index is 0.00000220. The van der Waals surface area contributed by atoms with Gasteiger partial charge in [-0.3, -0.25) is 9.69 Å². The molecule has 1 saturated carbocycles. The number of nitriles is 1. The number of benzene rings is 2. The maximum Gasteiger partial charge on any atom is 0.255 e. The molecule has 5 rings (SSSR count). The van der Waals surface area contributed by atoms with Crippen molar-refractivity contribution in [1.82, 2.24) is 19.8 Å². The number of amides is 1. The van der Waals surface area contributed by atoms with Crippen LogP contribution in [0.15, 0.2) is 55.0 Å². The minimum Gasteiger partial charge on any atom is -0.347 e. The molecule has 40 heavy (non-hydrogen) atoms. The van der Waals surface area contributed by atoms with Gasteiger partial charge >= 0.3 is 0 Å². The predicted molar refractivity (Wildman–Crippen MR) is 163 cm³/mol. The summed E-state index contributed by atoms with van der Waals surface area (Å²) in [5, 5.41) is 9.67. The van der Waals surface area contributed by atoms with E-state index in [4.69, 9.17) is 16.9 Å². The summed E-state index contributed by atoms with van der Waals surface area (Å²) in [5.41, 5.74) is 4.22. The average Bonchev–Trinajstić information content (AvgIpc) is 3.51. The topological polar surface area (TPSA) is 76.0 Å². The third-order valence-electron chi connectivity index (χ3n) is 7.66. The number of hydrogen-bond acceptors (Lipinski definition) is 4. The number of H-pyrrole nitrogens is 1. The second kappa shape index (κ2) is 15.1. The van der Waals surface area contributed by atoms with Crippen molar-refractivity contribution < 1.29 is 4.79 Å². The average molecular weight is 599 g/mol. The molecule has 1 aromatic heterocycles. The molecule has 1 unspecified atom stereocenters. The number of carbonyl (C=O) groups is 1. The van der Waals surface area contributed by atoms with Gasteiger partial charge in [0.15, 0.2) is 0 Å². The summed E-state index contributed by atoms with van der Waals surface area (Å²) >= 11 is 6.31. The number of hydrogen-bond donors (Lipinski definition) is 1. The van der Waals surface area contributed by atoms with Crippen molar-refractivity contribution in [3.63, 3.8) is 0 Å². The molecular weight excluding hydrogens is 565 g/mol. The van der Waals surface area contributed by atoms with Crippen LogP contribution in [0.2, 0.25) is 5.02 Å². The zero-order valence-electron chi connectivity index (χ0n) is 22.3. The first-order valence-electron chi connectivity index (χ1n) is 13.4. The van der Waals surface area contributed by atoms with Gasteiger partial charge in [0, 0.05) is 48.9 Å². The van der Waals surface area contributed by atoms with Crippen LogP contribution >= 0.6 is 36.4 Å². The molecule has 3 aromatic rings.